The van der Waals surface area contributed by atoms with E-state index in [2.05, 4.69) is 9.88 Å². The maximum Gasteiger partial charge on any atom is 0.303 e. The largest absolute Gasteiger partial charge is 0.497 e. The van der Waals surface area contributed by atoms with E-state index in [4.69, 9.17) is 27.9 Å². The molecule has 9 heteroatoms. The number of nitrogens with zero attached hydrogens (tertiary/aromatic N) is 2. The fraction of sp³-hybridized carbons (Fsp3) is 0.429. The number of benzene rings is 2. The molecule has 1 aliphatic heterocycles. The van der Waals surface area contributed by atoms with Crippen molar-refractivity contribution in [3.63, 3.8) is 0 Å². The predicted molar refractivity (Wildman–Crippen MR) is 150 cm³/mol. The zero-order valence-electron chi connectivity index (χ0n) is 20.8. The monoisotopic (exact) mass is 562 g/mol. The number of hydrogen-bond acceptors (Lipinski definition) is 6. The minimum Gasteiger partial charge on any atom is -0.497 e. The van der Waals surface area contributed by atoms with E-state index in [9.17, 15) is 15.0 Å². The molecule has 3 aromatic rings. The minimum absolute atomic E-state index is 0.103. The van der Waals surface area contributed by atoms with E-state index in [1.807, 2.05) is 42.5 Å². The Balaban J connectivity index is 1.38. The summed E-state index contributed by atoms with van der Waals surface area (Å²) >= 11 is 14.2. The molecule has 0 saturated carbocycles. The summed E-state index contributed by atoms with van der Waals surface area (Å²) in [5.41, 5.74) is 0.997. The Morgan fingerprint density at radius 1 is 1.19 bits per heavy atom. The SMILES string of the molecule is COc1ccc2ncc(Cl)c(C(O)CCC3(CC(=O)O)CCN(CCSc4ccc(Cl)cc4)CC3)c2c1. The molecule has 2 aromatic carbocycles. The summed E-state index contributed by atoms with van der Waals surface area (Å²) in [4.78, 5) is 19.7. The Kier molecular flexibility index (Phi) is 9.59. The second-order valence-corrected chi connectivity index (χ2v) is 11.7. The van der Waals surface area contributed by atoms with Crippen molar-refractivity contribution in [3.05, 3.63) is 64.3 Å². The van der Waals surface area contributed by atoms with Gasteiger partial charge >= 0.3 is 5.97 Å². The lowest BCUT2D eigenvalue weighted by atomic mass is 9.71. The number of methoxy groups -OCH3 is 1. The summed E-state index contributed by atoms with van der Waals surface area (Å²) in [6.45, 7) is 2.64. The number of pyridine rings is 1. The highest BCUT2D eigenvalue weighted by atomic mass is 35.5. The molecular formula is C28H32Cl2N2O4S. The Morgan fingerprint density at radius 2 is 1.92 bits per heavy atom. The van der Waals surface area contributed by atoms with Crippen LogP contribution in [0.2, 0.25) is 10.0 Å². The summed E-state index contributed by atoms with van der Waals surface area (Å²) in [5.74, 6) is 0.830. The number of carbonyl (C=O) groups is 1. The molecule has 1 saturated heterocycles. The molecule has 1 unspecified atom stereocenters. The molecule has 1 atom stereocenters. The third-order valence-corrected chi connectivity index (χ3v) is 8.83. The van der Waals surface area contributed by atoms with Crippen LogP contribution < -0.4 is 4.74 Å². The lowest BCUT2D eigenvalue weighted by Crippen LogP contribution is -2.42. The predicted octanol–water partition coefficient (Wildman–Crippen LogP) is 6.71. The second kappa shape index (κ2) is 12.7. The number of likely N-dealkylation sites (tertiary alicyclic amines) is 1. The van der Waals surface area contributed by atoms with Gasteiger partial charge in [0, 0.05) is 39.4 Å². The van der Waals surface area contributed by atoms with Crippen LogP contribution in [0.25, 0.3) is 10.9 Å². The number of hydrogen-bond donors (Lipinski definition) is 2. The molecule has 0 radical (unpaired) electrons. The number of aliphatic hydroxyl groups is 1. The normalized spacial score (nSPS) is 16.5. The van der Waals surface area contributed by atoms with Gasteiger partial charge in [0.05, 0.1) is 30.2 Å². The van der Waals surface area contributed by atoms with E-state index in [1.165, 1.54) is 4.90 Å². The van der Waals surface area contributed by atoms with Crippen molar-refractivity contribution >= 4 is 51.8 Å². The van der Waals surface area contributed by atoms with E-state index in [-0.39, 0.29) is 11.8 Å². The highest BCUT2D eigenvalue weighted by Crippen LogP contribution is 2.43. The van der Waals surface area contributed by atoms with Gasteiger partial charge < -0.3 is 19.8 Å². The Labute approximate surface area is 231 Å². The first-order valence-electron chi connectivity index (χ1n) is 12.4. The molecule has 1 fully saturated rings. The van der Waals surface area contributed by atoms with E-state index >= 15 is 0 Å². The minimum atomic E-state index is -0.829. The number of ether oxygens (including phenoxy) is 1. The Morgan fingerprint density at radius 3 is 2.59 bits per heavy atom. The standard InChI is InChI=1S/C28H32Cl2N2O4S/c1-36-20-4-7-24-22(16-20)27(23(30)18-31-24)25(33)8-9-28(17-26(34)35)10-12-32(13-11-28)14-15-37-21-5-2-19(29)3-6-21/h2-7,16,18,25,33H,8-15,17H2,1H3,(H,34,35). The van der Waals surface area contributed by atoms with E-state index in [0.29, 0.717) is 29.2 Å². The maximum absolute atomic E-state index is 11.8. The third-order valence-electron chi connectivity index (χ3n) is 7.28. The first-order chi connectivity index (χ1) is 17.8. The number of aliphatic carboxylic acids is 1. The van der Waals surface area contributed by atoms with Crippen molar-refractivity contribution in [2.45, 2.75) is 43.1 Å². The summed E-state index contributed by atoms with van der Waals surface area (Å²) in [7, 11) is 1.59. The van der Waals surface area contributed by atoms with Crippen molar-refractivity contribution in [3.8, 4) is 5.75 Å². The molecule has 37 heavy (non-hydrogen) atoms. The van der Waals surface area contributed by atoms with Crippen LogP contribution in [-0.4, -0.2) is 58.6 Å². The van der Waals surface area contributed by atoms with Crippen molar-refractivity contribution in [2.24, 2.45) is 5.41 Å². The van der Waals surface area contributed by atoms with E-state index < -0.39 is 12.1 Å². The number of fused-ring (bicyclic) bond motifs is 1. The van der Waals surface area contributed by atoms with Crippen LogP contribution in [0.4, 0.5) is 0 Å². The molecule has 0 bridgehead atoms. The van der Waals surface area contributed by atoms with Gasteiger partial charge in [0.2, 0.25) is 0 Å². The van der Waals surface area contributed by atoms with Crippen LogP contribution in [0.15, 0.2) is 53.6 Å². The van der Waals surface area contributed by atoms with Crippen LogP contribution in [-0.2, 0) is 4.79 Å². The van der Waals surface area contributed by atoms with Gasteiger partial charge in [-0.2, -0.15) is 0 Å². The van der Waals surface area contributed by atoms with Crippen molar-refractivity contribution in [1.29, 1.82) is 0 Å². The third kappa shape index (κ3) is 7.30. The number of piperidine rings is 1. The zero-order chi connectivity index (χ0) is 26.4. The van der Waals surface area contributed by atoms with Crippen LogP contribution >= 0.6 is 35.0 Å². The molecule has 2 heterocycles. The molecule has 6 nitrogen and oxygen atoms in total. The number of aromatic nitrogens is 1. The van der Waals surface area contributed by atoms with Crippen LogP contribution in [0.5, 0.6) is 5.75 Å². The molecule has 198 valence electrons. The molecular weight excluding hydrogens is 531 g/mol. The van der Waals surface area contributed by atoms with E-state index in [0.717, 1.165) is 54.2 Å². The van der Waals surface area contributed by atoms with Gasteiger partial charge in [-0.15, -0.1) is 11.8 Å². The van der Waals surface area contributed by atoms with Crippen molar-refractivity contribution in [1.82, 2.24) is 9.88 Å². The molecule has 2 N–H and O–H groups in total. The van der Waals surface area contributed by atoms with E-state index in [1.54, 1.807) is 25.1 Å². The lowest BCUT2D eigenvalue weighted by molar-refractivity contribution is -0.141. The van der Waals surface area contributed by atoms with Gasteiger partial charge in [0.25, 0.3) is 0 Å². The summed E-state index contributed by atoms with van der Waals surface area (Å²) in [6.07, 6.45) is 3.44. The molecule has 0 aliphatic carbocycles. The summed E-state index contributed by atoms with van der Waals surface area (Å²) < 4.78 is 5.35. The molecule has 0 spiro atoms. The fourth-order valence-electron chi connectivity index (χ4n) is 5.13. The van der Waals surface area contributed by atoms with Crippen LogP contribution in [0.3, 0.4) is 0 Å². The number of rotatable bonds is 11. The molecule has 1 aliphatic rings. The van der Waals surface area contributed by atoms with Gasteiger partial charge in [-0.25, -0.2) is 0 Å². The number of aliphatic hydroxyl groups excluding tert-OH is 1. The van der Waals surface area contributed by atoms with Crippen LogP contribution in [0.1, 0.15) is 43.8 Å². The molecule has 1 aromatic heterocycles. The van der Waals surface area contributed by atoms with Crippen LogP contribution in [0, 0.1) is 5.41 Å². The van der Waals surface area contributed by atoms with Crippen molar-refractivity contribution in [2.75, 3.05) is 32.5 Å². The summed E-state index contributed by atoms with van der Waals surface area (Å²) in [5, 5.41) is 22.8. The highest BCUT2D eigenvalue weighted by molar-refractivity contribution is 7.99. The summed E-state index contributed by atoms with van der Waals surface area (Å²) in [6, 6.07) is 13.4. The quantitative estimate of drug-likeness (QED) is 0.251. The second-order valence-electron chi connectivity index (χ2n) is 9.67. The maximum atomic E-state index is 11.8. The smallest absolute Gasteiger partial charge is 0.303 e. The lowest BCUT2D eigenvalue weighted by Gasteiger charge is -2.41. The zero-order valence-corrected chi connectivity index (χ0v) is 23.2. The van der Waals surface area contributed by atoms with Crippen molar-refractivity contribution < 1.29 is 19.7 Å². The van der Waals surface area contributed by atoms with Gasteiger partial charge in [0.15, 0.2) is 0 Å². The number of thioether (sulfide) groups is 1. The fourth-order valence-corrected chi connectivity index (χ4v) is 6.45. The first kappa shape index (κ1) is 28.0. The molecule has 0 amide bonds. The number of halogens is 2. The topological polar surface area (TPSA) is 82.9 Å². The average molecular weight is 564 g/mol. The number of carboxylic acids is 1. The highest BCUT2D eigenvalue weighted by Gasteiger charge is 2.37. The van der Waals surface area contributed by atoms with Gasteiger partial charge in [-0.1, -0.05) is 23.2 Å². The van der Waals surface area contributed by atoms with Gasteiger partial charge in [-0.3, -0.25) is 9.78 Å². The average Bonchev–Trinajstić information content (AvgIpc) is 2.89. The Hall–Kier alpha value is -2.03. The van der Waals surface area contributed by atoms with Gasteiger partial charge in [-0.05, 0) is 86.7 Å². The first-order valence-corrected chi connectivity index (χ1v) is 14.2. The van der Waals surface area contributed by atoms with Gasteiger partial charge in [0.1, 0.15) is 5.75 Å². The number of carboxylic acid groups (broad SMARTS) is 1. The Bertz CT molecular complexity index is 1220. The molecule has 4 rings (SSSR count).